The molecular formula is C12H26B2N6. The van der Waals surface area contributed by atoms with E-state index < -0.39 is 0 Å². The first-order chi connectivity index (χ1) is 9.65. The quantitative estimate of drug-likeness (QED) is 0.632. The molecule has 0 saturated carbocycles. The minimum Gasteiger partial charge on any atom is -0.359 e. The Bertz CT molecular complexity index is 387. The zero-order chi connectivity index (χ0) is 14.5. The third-order valence-electron chi connectivity index (χ3n) is 4.37. The smallest absolute Gasteiger partial charge is 0.332 e. The molecule has 0 radical (unpaired) electrons. The number of aromatic nitrogens is 3. The van der Waals surface area contributed by atoms with Gasteiger partial charge in [-0.05, 0) is 20.0 Å². The molecular weight excluding hydrogens is 250 g/mol. The average Bonchev–Trinajstić information content (AvgIpc) is 2.96. The van der Waals surface area contributed by atoms with Crippen molar-refractivity contribution >= 4 is 19.9 Å². The first kappa shape index (κ1) is 15.4. The second-order valence-electron chi connectivity index (χ2n) is 5.74. The van der Waals surface area contributed by atoms with E-state index in [1.807, 2.05) is 0 Å². The van der Waals surface area contributed by atoms with Crippen molar-refractivity contribution in [3.63, 3.8) is 0 Å². The van der Waals surface area contributed by atoms with Crippen LogP contribution in [0, 0.1) is 0 Å². The van der Waals surface area contributed by atoms with Gasteiger partial charge in [-0.25, -0.2) is 10.1 Å². The van der Waals surface area contributed by atoms with Crippen LogP contribution in [0.15, 0.2) is 6.33 Å². The third-order valence-corrected chi connectivity index (χ3v) is 4.37. The van der Waals surface area contributed by atoms with E-state index in [4.69, 9.17) is 0 Å². The zero-order valence-corrected chi connectivity index (χ0v) is 13.2. The summed E-state index contributed by atoms with van der Waals surface area (Å²) in [5.41, 5.74) is 0. The number of anilines is 1. The lowest BCUT2D eigenvalue weighted by molar-refractivity contribution is 0.430. The van der Waals surface area contributed by atoms with Crippen molar-refractivity contribution in [1.82, 2.24) is 24.7 Å². The molecule has 0 aliphatic carbocycles. The number of hydrogen-bond acceptors (Lipinski definition) is 5. The summed E-state index contributed by atoms with van der Waals surface area (Å²) in [6, 6.07) is 0. The fraction of sp³-hybridized carbons (Fsp3) is 0.833. The Morgan fingerprint density at radius 1 is 1.25 bits per heavy atom. The molecule has 0 atom stereocenters. The molecule has 0 unspecified atom stereocenters. The summed E-state index contributed by atoms with van der Waals surface area (Å²) in [6.07, 6.45) is 6.78. The summed E-state index contributed by atoms with van der Waals surface area (Å²) in [5, 5.41) is 6.95. The van der Waals surface area contributed by atoms with E-state index in [0.29, 0.717) is 14.0 Å². The van der Waals surface area contributed by atoms with Crippen LogP contribution in [0.2, 0.25) is 13.6 Å². The van der Waals surface area contributed by atoms with E-state index in [-0.39, 0.29) is 0 Å². The summed E-state index contributed by atoms with van der Waals surface area (Å²) >= 11 is 0. The van der Waals surface area contributed by atoms with Gasteiger partial charge in [-0.1, -0.05) is 39.8 Å². The second kappa shape index (κ2) is 7.13. The molecule has 1 fully saturated rings. The first-order valence-electron chi connectivity index (χ1n) is 7.73. The largest absolute Gasteiger partial charge is 0.359 e. The molecule has 1 N–H and O–H groups in total. The van der Waals surface area contributed by atoms with Crippen molar-refractivity contribution < 1.29 is 0 Å². The molecule has 1 aromatic rings. The molecule has 2 rings (SSSR count). The highest BCUT2D eigenvalue weighted by atomic mass is 15.4. The third kappa shape index (κ3) is 3.35. The van der Waals surface area contributed by atoms with Crippen LogP contribution in [0.25, 0.3) is 0 Å². The van der Waals surface area contributed by atoms with Gasteiger partial charge < -0.3 is 14.3 Å². The molecule has 0 aromatic carbocycles. The number of aromatic amines is 1. The lowest BCUT2D eigenvalue weighted by atomic mass is 9.58. The highest BCUT2D eigenvalue weighted by Gasteiger charge is 2.39. The number of unbranched alkanes of at least 4 members (excludes halogenated alkanes) is 3. The topological polar surface area (TPSA) is 51.3 Å². The van der Waals surface area contributed by atoms with Gasteiger partial charge in [0, 0.05) is 0 Å². The van der Waals surface area contributed by atoms with Crippen molar-refractivity contribution in [1.29, 1.82) is 0 Å². The lowest BCUT2D eigenvalue weighted by Gasteiger charge is -2.47. The minimum atomic E-state index is 0.343. The molecule has 6 nitrogen and oxygen atoms in total. The van der Waals surface area contributed by atoms with E-state index in [1.54, 1.807) is 6.33 Å². The molecule has 1 aliphatic rings. The van der Waals surface area contributed by atoms with E-state index >= 15 is 0 Å². The predicted molar refractivity (Wildman–Crippen MR) is 85.6 cm³/mol. The maximum Gasteiger partial charge on any atom is 0.332 e. The van der Waals surface area contributed by atoms with Gasteiger partial charge in [-0.2, -0.15) is 5.10 Å². The molecule has 0 spiro atoms. The average molecular weight is 276 g/mol. The standard InChI is InChI=1S/C12H26B2N6/c1-5-6-7-8-9-20-13(2)18(4)11-19(14(20)3)12-15-10-16-17-12/h10H,5-9,11H2,1-4H3,(H,15,16,17). The van der Waals surface area contributed by atoms with Gasteiger partial charge in [-0.3, -0.25) is 0 Å². The van der Waals surface area contributed by atoms with Gasteiger partial charge in [0.25, 0.3) is 6.98 Å². The van der Waals surface area contributed by atoms with Gasteiger partial charge in [0.2, 0.25) is 5.95 Å². The molecule has 110 valence electrons. The van der Waals surface area contributed by atoms with Crippen LogP contribution in [0.5, 0.6) is 0 Å². The summed E-state index contributed by atoms with van der Waals surface area (Å²) in [6.45, 7) is 9.62. The summed E-state index contributed by atoms with van der Waals surface area (Å²) < 4.78 is 2.54. The van der Waals surface area contributed by atoms with Crippen LogP contribution in [-0.4, -0.2) is 58.9 Å². The number of H-pyrrole nitrogens is 1. The van der Waals surface area contributed by atoms with Crippen molar-refractivity contribution in [3.05, 3.63) is 6.33 Å². The number of nitrogens with one attached hydrogen (secondary N) is 1. The molecule has 1 aromatic heterocycles. The lowest BCUT2D eigenvalue weighted by Crippen LogP contribution is -2.69. The SMILES string of the molecule is CCCCCCN1B(C)N(C)CN(c2ncn[nH]2)B1C. The summed E-state index contributed by atoms with van der Waals surface area (Å²) in [5.74, 6) is 0.856. The summed E-state index contributed by atoms with van der Waals surface area (Å²) in [7, 11) is 2.17. The molecule has 2 heterocycles. The maximum absolute atomic E-state index is 4.30. The molecule has 1 saturated heterocycles. The zero-order valence-electron chi connectivity index (χ0n) is 13.2. The highest BCUT2D eigenvalue weighted by Crippen LogP contribution is 2.19. The Labute approximate surface area is 123 Å². The van der Waals surface area contributed by atoms with E-state index in [1.165, 1.54) is 25.7 Å². The fourth-order valence-electron chi connectivity index (χ4n) is 2.90. The molecule has 8 heteroatoms. The Balaban J connectivity index is 2.00. The van der Waals surface area contributed by atoms with Crippen LogP contribution in [0.3, 0.4) is 0 Å². The van der Waals surface area contributed by atoms with E-state index in [2.05, 4.69) is 57.1 Å². The van der Waals surface area contributed by atoms with Crippen molar-refractivity contribution in [2.45, 2.75) is 46.3 Å². The Morgan fingerprint density at radius 3 is 2.70 bits per heavy atom. The Morgan fingerprint density at radius 2 is 2.05 bits per heavy atom. The minimum absolute atomic E-state index is 0.343. The second-order valence-corrected chi connectivity index (χ2v) is 5.74. The summed E-state index contributed by atoms with van der Waals surface area (Å²) in [4.78, 5) is 8.92. The molecule has 0 amide bonds. The van der Waals surface area contributed by atoms with Crippen molar-refractivity contribution in [2.24, 2.45) is 0 Å². The van der Waals surface area contributed by atoms with Gasteiger partial charge in [0.15, 0.2) is 0 Å². The monoisotopic (exact) mass is 276 g/mol. The normalized spacial score (nSPS) is 18.1. The predicted octanol–water partition coefficient (Wildman–Crippen LogP) is 1.63. The van der Waals surface area contributed by atoms with Crippen LogP contribution in [-0.2, 0) is 0 Å². The van der Waals surface area contributed by atoms with E-state index in [9.17, 15) is 0 Å². The van der Waals surface area contributed by atoms with Crippen molar-refractivity contribution in [2.75, 3.05) is 25.1 Å². The molecule has 1 aliphatic heterocycles. The van der Waals surface area contributed by atoms with Gasteiger partial charge in [-0.15, -0.1) is 0 Å². The van der Waals surface area contributed by atoms with Crippen molar-refractivity contribution in [3.8, 4) is 0 Å². The number of rotatable bonds is 6. The fourth-order valence-corrected chi connectivity index (χ4v) is 2.90. The Hall–Kier alpha value is -1.01. The number of hydrogen-bond donors (Lipinski definition) is 1. The molecule has 0 bridgehead atoms. The molecule has 20 heavy (non-hydrogen) atoms. The van der Waals surface area contributed by atoms with Crippen LogP contribution >= 0.6 is 0 Å². The van der Waals surface area contributed by atoms with E-state index in [0.717, 1.165) is 19.2 Å². The van der Waals surface area contributed by atoms with Crippen LogP contribution < -0.4 is 4.81 Å². The van der Waals surface area contributed by atoms with Crippen LogP contribution in [0.1, 0.15) is 32.6 Å². The van der Waals surface area contributed by atoms with Gasteiger partial charge in [0.05, 0.1) is 6.67 Å². The van der Waals surface area contributed by atoms with Crippen LogP contribution in [0.4, 0.5) is 5.95 Å². The Kier molecular flexibility index (Phi) is 5.48. The highest BCUT2D eigenvalue weighted by molar-refractivity contribution is 6.73. The first-order valence-corrected chi connectivity index (χ1v) is 7.73. The van der Waals surface area contributed by atoms with Gasteiger partial charge >= 0.3 is 6.98 Å². The number of nitrogens with zero attached hydrogens (tertiary/aromatic N) is 5. The maximum atomic E-state index is 4.30. The van der Waals surface area contributed by atoms with Gasteiger partial charge in [0.1, 0.15) is 6.33 Å².